The zero-order valence-corrected chi connectivity index (χ0v) is 11.9. The van der Waals surface area contributed by atoms with Crippen LogP contribution in [-0.4, -0.2) is 5.11 Å². The molecule has 0 radical (unpaired) electrons. The number of thiophene rings is 1. The van der Waals surface area contributed by atoms with Crippen LogP contribution in [0.3, 0.4) is 0 Å². The lowest BCUT2D eigenvalue weighted by Gasteiger charge is -2.07. The van der Waals surface area contributed by atoms with Gasteiger partial charge in [0.1, 0.15) is 5.58 Å². The molecule has 2 heterocycles. The molecule has 0 aliphatic rings. The van der Waals surface area contributed by atoms with Crippen LogP contribution in [0.5, 0.6) is 0 Å². The first kappa shape index (κ1) is 12.0. The number of benzene rings is 1. The van der Waals surface area contributed by atoms with Crippen LogP contribution in [0.2, 0.25) is 0 Å². The lowest BCUT2D eigenvalue weighted by molar-refractivity contribution is 0.180. The minimum Gasteiger partial charge on any atom is -0.464 e. The summed E-state index contributed by atoms with van der Waals surface area (Å²) < 4.78 is 6.53. The lowest BCUT2D eigenvalue weighted by Crippen LogP contribution is -1.99. The number of rotatable bonds is 3. The van der Waals surface area contributed by atoms with Crippen LogP contribution in [0.1, 0.15) is 16.5 Å². The fraction of sp³-hybridized carbons (Fsp3) is 0.143. The highest BCUT2D eigenvalue weighted by Crippen LogP contribution is 2.31. The molecular weight excluding hydrogens is 312 g/mol. The number of aliphatic hydroxyl groups excluding tert-OH is 1. The summed E-state index contributed by atoms with van der Waals surface area (Å²) in [6.07, 6.45) is 1.73. The van der Waals surface area contributed by atoms with Crippen LogP contribution in [0.4, 0.5) is 0 Å². The average molecular weight is 323 g/mol. The van der Waals surface area contributed by atoms with Crippen LogP contribution in [0.15, 0.2) is 50.9 Å². The highest BCUT2D eigenvalue weighted by Gasteiger charge is 2.15. The zero-order valence-electron chi connectivity index (χ0n) is 9.47. The topological polar surface area (TPSA) is 33.4 Å². The largest absolute Gasteiger partial charge is 0.464 e. The molecule has 2 nitrogen and oxygen atoms in total. The second-order valence-electron chi connectivity index (χ2n) is 4.11. The van der Waals surface area contributed by atoms with Gasteiger partial charge in [-0.05, 0) is 34.1 Å². The van der Waals surface area contributed by atoms with Gasteiger partial charge < -0.3 is 9.52 Å². The van der Waals surface area contributed by atoms with E-state index in [1.54, 1.807) is 17.6 Å². The van der Waals surface area contributed by atoms with Crippen molar-refractivity contribution in [3.8, 4) is 0 Å². The van der Waals surface area contributed by atoms with E-state index in [1.165, 1.54) is 0 Å². The maximum absolute atomic E-state index is 10.3. The predicted molar refractivity (Wildman–Crippen MR) is 76.9 cm³/mol. The summed E-state index contributed by atoms with van der Waals surface area (Å²) in [6.45, 7) is 0. The molecule has 1 aromatic carbocycles. The Hall–Kier alpha value is -1.10. The number of halogens is 1. The van der Waals surface area contributed by atoms with Crippen molar-refractivity contribution < 1.29 is 9.52 Å². The van der Waals surface area contributed by atoms with Gasteiger partial charge in [-0.25, -0.2) is 0 Å². The van der Waals surface area contributed by atoms with Crippen molar-refractivity contribution in [2.75, 3.05) is 0 Å². The fourth-order valence-corrected chi connectivity index (χ4v) is 3.54. The van der Waals surface area contributed by atoms with E-state index in [0.29, 0.717) is 6.42 Å². The van der Waals surface area contributed by atoms with Crippen molar-refractivity contribution in [3.05, 3.63) is 56.9 Å². The molecule has 3 rings (SSSR count). The molecule has 3 aromatic rings. The molecule has 1 unspecified atom stereocenters. The molecule has 0 bridgehead atoms. The van der Waals surface area contributed by atoms with Gasteiger partial charge in [0, 0.05) is 22.2 Å². The molecule has 0 fully saturated rings. The Bertz CT molecular complexity index is 671. The van der Waals surface area contributed by atoms with Crippen molar-refractivity contribution in [3.63, 3.8) is 0 Å². The Morgan fingerprint density at radius 1 is 1.22 bits per heavy atom. The standard InChI is InChI=1S/C14H11BrO2S/c15-14-6-5-9(18-14)7-12(16)11-8-17-13-4-2-1-3-10(11)13/h1-6,8,12,16H,7H2. The van der Waals surface area contributed by atoms with E-state index in [1.807, 2.05) is 36.4 Å². The third-order valence-electron chi connectivity index (χ3n) is 2.89. The summed E-state index contributed by atoms with van der Waals surface area (Å²) >= 11 is 5.07. The van der Waals surface area contributed by atoms with Crippen molar-refractivity contribution in [1.82, 2.24) is 0 Å². The fourth-order valence-electron chi connectivity index (χ4n) is 2.02. The molecular formula is C14H11BrO2S. The van der Waals surface area contributed by atoms with Crippen LogP contribution in [-0.2, 0) is 6.42 Å². The number of para-hydroxylation sites is 1. The van der Waals surface area contributed by atoms with Gasteiger partial charge in [-0.1, -0.05) is 18.2 Å². The van der Waals surface area contributed by atoms with E-state index < -0.39 is 6.10 Å². The highest BCUT2D eigenvalue weighted by atomic mass is 79.9. The summed E-state index contributed by atoms with van der Waals surface area (Å²) in [4.78, 5) is 1.15. The molecule has 0 aliphatic heterocycles. The van der Waals surface area contributed by atoms with Gasteiger partial charge in [0.15, 0.2) is 0 Å². The SMILES string of the molecule is OC(Cc1ccc(Br)s1)c1coc2ccccc12. The summed E-state index contributed by atoms with van der Waals surface area (Å²) in [5, 5.41) is 11.3. The Balaban J connectivity index is 1.90. The third kappa shape index (κ3) is 2.23. The van der Waals surface area contributed by atoms with Crippen molar-refractivity contribution in [2.24, 2.45) is 0 Å². The van der Waals surface area contributed by atoms with E-state index >= 15 is 0 Å². The van der Waals surface area contributed by atoms with Crippen molar-refractivity contribution >= 4 is 38.2 Å². The Morgan fingerprint density at radius 2 is 2.06 bits per heavy atom. The van der Waals surface area contributed by atoms with Crippen LogP contribution in [0, 0.1) is 0 Å². The minimum absolute atomic E-state index is 0.529. The first-order valence-corrected chi connectivity index (χ1v) is 7.23. The molecule has 18 heavy (non-hydrogen) atoms. The summed E-state index contributed by atoms with van der Waals surface area (Å²) in [6, 6.07) is 11.8. The van der Waals surface area contributed by atoms with Gasteiger partial charge in [-0.15, -0.1) is 11.3 Å². The van der Waals surface area contributed by atoms with Crippen LogP contribution >= 0.6 is 27.3 Å². The van der Waals surface area contributed by atoms with Gasteiger partial charge in [-0.2, -0.15) is 0 Å². The first-order valence-electron chi connectivity index (χ1n) is 5.62. The number of hydrogen-bond acceptors (Lipinski definition) is 3. The Morgan fingerprint density at radius 3 is 2.83 bits per heavy atom. The molecule has 1 atom stereocenters. The second-order valence-corrected chi connectivity index (χ2v) is 6.66. The number of fused-ring (bicyclic) bond motifs is 1. The van der Waals surface area contributed by atoms with Crippen molar-refractivity contribution in [1.29, 1.82) is 0 Å². The van der Waals surface area contributed by atoms with Crippen LogP contribution in [0.25, 0.3) is 11.0 Å². The predicted octanol–water partition coefficient (Wildman–Crippen LogP) is 4.53. The van der Waals surface area contributed by atoms with E-state index in [2.05, 4.69) is 15.9 Å². The van der Waals surface area contributed by atoms with E-state index in [4.69, 9.17) is 4.42 Å². The van der Waals surface area contributed by atoms with Gasteiger partial charge in [0.05, 0.1) is 16.2 Å². The average Bonchev–Trinajstić information content (AvgIpc) is 2.95. The molecule has 2 aromatic heterocycles. The summed E-state index contributed by atoms with van der Waals surface area (Å²) in [5.41, 5.74) is 1.68. The number of furan rings is 1. The lowest BCUT2D eigenvalue weighted by atomic mass is 10.1. The summed E-state index contributed by atoms with van der Waals surface area (Å²) in [7, 11) is 0. The molecule has 0 spiro atoms. The molecule has 1 N–H and O–H groups in total. The Kier molecular flexibility index (Phi) is 3.24. The van der Waals surface area contributed by atoms with E-state index in [-0.39, 0.29) is 0 Å². The molecule has 0 aliphatic carbocycles. The number of hydrogen-bond donors (Lipinski definition) is 1. The zero-order chi connectivity index (χ0) is 12.5. The molecule has 0 saturated carbocycles. The quantitative estimate of drug-likeness (QED) is 0.768. The monoisotopic (exact) mass is 322 g/mol. The maximum Gasteiger partial charge on any atom is 0.134 e. The summed E-state index contributed by atoms with van der Waals surface area (Å²) in [5.74, 6) is 0. The van der Waals surface area contributed by atoms with E-state index in [9.17, 15) is 5.11 Å². The van der Waals surface area contributed by atoms with Gasteiger partial charge in [0.25, 0.3) is 0 Å². The normalized spacial score (nSPS) is 13.0. The molecule has 0 saturated heterocycles. The van der Waals surface area contributed by atoms with Crippen LogP contribution < -0.4 is 0 Å². The third-order valence-corrected chi connectivity index (χ3v) is 4.54. The van der Waals surface area contributed by atoms with Crippen molar-refractivity contribution in [2.45, 2.75) is 12.5 Å². The van der Waals surface area contributed by atoms with Gasteiger partial charge in [-0.3, -0.25) is 0 Å². The Labute approximate surface area is 117 Å². The number of aliphatic hydroxyl groups is 1. The highest BCUT2D eigenvalue weighted by molar-refractivity contribution is 9.11. The smallest absolute Gasteiger partial charge is 0.134 e. The molecule has 0 amide bonds. The maximum atomic E-state index is 10.3. The van der Waals surface area contributed by atoms with Gasteiger partial charge >= 0.3 is 0 Å². The second kappa shape index (κ2) is 4.88. The van der Waals surface area contributed by atoms with Gasteiger partial charge in [0.2, 0.25) is 0 Å². The minimum atomic E-state index is -0.529. The molecule has 92 valence electrons. The molecule has 4 heteroatoms. The first-order chi connectivity index (χ1) is 8.74. The van der Waals surface area contributed by atoms with E-state index in [0.717, 1.165) is 25.2 Å².